The Morgan fingerprint density at radius 1 is 1.07 bits per heavy atom. The molecule has 0 fully saturated rings. The van der Waals surface area contributed by atoms with E-state index in [2.05, 4.69) is 57.6 Å². The molecule has 0 spiro atoms. The Kier molecular flexibility index (Phi) is 5.43. The van der Waals surface area contributed by atoms with Crippen molar-refractivity contribution >= 4 is 33.0 Å². The van der Waals surface area contributed by atoms with Gasteiger partial charge in [0.1, 0.15) is 5.82 Å². The van der Waals surface area contributed by atoms with E-state index in [4.69, 9.17) is 4.98 Å². The quantitative estimate of drug-likeness (QED) is 0.372. The largest absolute Gasteiger partial charge is 0.316 e. The van der Waals surface area contributed by atoms with Crippen LogP contribution in [0.15, 0.2) is 69.1 Å². The minimum Gasteiger partial charge on any atom is -0.316 e. The molecule has 6 heteroatoms. The Labute approximate surface area is 183 Å². The molecule has 0 aliphatic heterocycles. The van der Waals surface area contributed by atoms with Crippen LogP contribution < -0.4 is 5.56 Å². The number of hydrogen-bond donors (Lipinski definition) is 0. The summed E-state index contributed by atoms with van der Waals surface area (Å²) in [4.78, 5) is 17.9. The normalized spacial score (nSPS) is 11.8. The van der Waals surface area contributed by atoms with Crippen molar-refractivity contribution in [3.63, 3.8) is 0 Å². The third kappa shape index (κ3) is 3.75. The average molecular weight is 463 g/mol. The van der Waals surface area contributed by atoms with E-state index in [0.29, 0.717) is 16.7 Å². The topological polar surface area (TPSA) is 52.2 Å². The fourth-order valence-corrected chi connectivity index (χ4v) is 3.74. The van der Waals surface area contributed by atoms with Gasteiger partial charge in [-0.15, -0.1) is 0 Å². The molecule has 0 N–H and O–H groups in total. The number of benzene rings is 2. The maximum absolute atomic E-state index is 13.2. The van der Waals surface area contributed by atoms with Crippen LogP contribution in [0.25, 0.3) is 16.6 Å². The third-order valence-electron chi connectivity index (χ3n) is 5.20. The first kappa shape index (κ1) is 20.3. The molecule has 2 aromatic carbocycles. The van der Waals surface area contributed by atoms with Crippen LogP contribution in [0.3, 0.4) is 0 Å². The lowest BCUT2D eigenvalue weighted by Crippen LogP contribution is -2.23. The van der Waals surface area contributed by atoms with E-state index in [1.54, 1.807) is 12.3 Å². The van der Waals surface area contributed by atoms with Crippen LogP contribution in [0.1, 0.15) is 42.4 Å². The van der Waals surface area contributed by atoms with Crippen LogP contribution in [-0.4, -0.2) is 20.4 Å². The smallest absolute Gasteiger partial charge is 0.282 e. The van der Waals surface area contributed by atoms with Crippen molar-refractivity contribution in [2.24, 2.45) is 5.10 Å². The van der Waals surface area contributed by atoms with E-state index < -0.39 is 0 Å². The van der Waals surface area contributed by atoms with E-state index in [0.717, 1.165) is 15.9 Å². The van der Waals surface area contributed by atoms with E-state index in [1.165, 1.54) is 15.8 Å². The summed E-state index contributed by atoms with van der Waals surface area (Å²) in [6, 6.07) is 15.8. The molecule has 0 saturated heterocycles. The second-order valence-corrected chi connectivity index (χ2v) is 8.63. The molecule has 2 aromatic heterocycles. The van der Waals surface area contributed by atoms with E-state index in [-0.39, 0.29) is 11.5 Å². The Hall–Kier alpha value is -2.99. The summed E-state index contributed by atoms with van der Waals surface area (Å²) >= 11 is 3.44. The van der Waals surface area contributed by atoms with Gasteiger partial charge >= 0.3 is 0 Å². The summed E-state index contributed by atoms with van der Waals surface area (Å²) in [6.45, 7) is 8.22. The lowest BCUT2D eigenvalue weighted by Gasteiger charge is -2.12. The summed E-state index contributed by atoms with van der Waals surface area (Å²) in [7, 11) is 0. The molecule has 0 atom stereocenters. The lowest BCUT2D eigenvalue weighted by atomic mass is 10.1. The standard InChI is InChI=1S/C24H23BrN4O/c1-15(2)23-27-22-10-8-18(25)13-21(22)24(30)29(23)26-14-20-6-5-11-28(20)19-9-7-16(3)17(4)12-19/h5-15H,1-4H3. The Morgan fingerprint density at radius 2 is 1.87 bits per heavy atom. The molecule has 4 aromatic rings. The Morgan fingerprint density at radius 3 is 2.60 bits per heavy atom. The van der Waals surface area contributed by atoms with Crippen LogP contribution in [0.2, 0.25) is 0 Å². The number of fused-ring (bicyclic) bond motifs is 1. The van der Waals surface area contributed by atoms with Crippen LogP contribution in [0, 0.1) is 13.8 Å². The average Bonchev–Trinajstić information content (AvgIpc) is 3.18. The van der Waals surface area contributed by atoms with Gasteiger partial charge < -0.3 is 4.57 Å². The minimum absolute atomic E-state index is 0.0504. The summed E-state index contributed by atoms with van der Waals surface area (Å²) in [6.07, 6.45) is 3.71. The van der Waals surface area contributed by atoms with Crippen molar-refractivity contribution in [3.05, 3.63) is 92.2 Å². The predicted molar refractivity (Wildman–Crippen MR) is 126 cm³/mol. The molecule has 152 valence electrons. The molecule has 30 heavy (non-hydrogen) atoms. The first-order valence-corrected chi connectivity index (χ1v) is 10.7. The zero-order valence-corrected chi connectivity index (χ0v) is 19.0. The van der Waals surface area contributed by atoms with E-state index in [9.17, 15) is 4.79 Å². The Balaban J connectivity index is 1.83. The number of halogens is 1. The zero-order valence-electron chi connectivity index (χ0n) is 17.4. The first-order valence-electron chi connectivity index (χ1n) is 9.86. The molecule has 0 unspecified atom stereocenters. The highest BCUT2D eigenvalue weighted by Gasteiger charge is 2.14. The van der Waals surface area contributed by atoms with Crippen LogP contribution in [0.4, 0.5) is 0 Å². The summed E-state index contributed by atoms with van der Waals surface area (Å²) in [5.41, 5.74) is 4.92. The number of rotatable bonds is 4. The van der Waals surface area contributed by atoms with Gasteiger partial charge in [0.25, 0.3) is 5.56 Å². The molecule has 2 heterocycles. The maximum Gasteiger partial charge on any atom is 0.282 e. The van der Waals surface area contributed by atoms with Gasteiger partial charge in [0, 0.05) is 22.3 Å². The molecule has 0 amide bonds. The molecule has 4 rings (SSSR count). The molecule has 0 radical (unpaired) electrons. The van der Waals surface area contributed by atoms with Crippen LogP contribution in [-0.2, 0) is 0 Å². The van der Waals surface area contributed by atoms with Crippen molar-refractivity contribution < 1.29 is 0 Å². The highest BCUT2D eigenvalue weighted by Crippen LogP contribution is 2.19. The van der Waals surface area contributed by atoms with Crippen LogP contribution in [0.5, 0.6) is 0 Å². The maximum atomic E-state index is 13.2. The summed E-state index contributed by atoms with van der Waals surface area (Å²) < 4.78 is 4.31. The van der Waals surface area contributed by atoms with Gasteiger partial charge in [0.15, 0.2) is 0 Å². The third-order valence-corrected chi connectivity index (χ3v) is 5.70. The van der Waals surface area contributed by atoms with Gasteiger partial charge in [-0.2, -0.15) is 9.78 Å². The van der Waals surface area contributed by atoms with E-state index in [1.807, 2.05) is 44.3 Å². The fraction of sp³-hybridized carbons (Fsp3) is 0.208. The SMILES string of the molecule is Cc1ccc(-n2cccc2C=Nn2c(C(C)C)nc3ccc(Br)cc3c2=O)cc1C. The molecule has 0 bridgehead atoms. The molecular formula is C24H23BrN4O. The zero-order chi connectivity index (χ0) is 21.4. The van der Waals surface area contributed by atoms with E-state index >= 15 is 0 Å². The fourth-order valence-electron chi connectivity index (χ4n) is 3.38. The van der Waals surface area contributed by atoms with Crippen molar-refractivity contribution in [1.29, 1.82) is 0 Å². The van der Waals surface area contributed by atoms with Gasteiger partial charge in [-0.05, 0) is 67.4 Å². The van der Waals surface area contributed by atoms with Crippen LogP contribution >= 0.6 is 15.9 Å². The van der Waals surface area contributed by atoms with Gasteiger partial charge in [-0.1, -0.05) is 35.8 Å². The van der Waals surface area contributed by atoms with Crippen molar-refractivity contribution in [1.82, 2.24) is 14.2 Å². The first-order chi connectivity index (χ1) is 14.3. The highest BCUT2D eigenvalue weighted by atomic mass is 79.9. The molecule has 0 aliphatic carbocycles. The summed E-state index contributed by atoms with van der Waals surface area (Å²) in [5.74, 6) is 0.685. The number of hydrogen-bond acceptors (Lipinski definition) is 3. The summed E-state index contributed by atoms with van der Waals surface area (Å²) in [5, 5.41) is 5.09. The van der Waals surface area contributed by atoms with Crippen molar-refractivity contribution in [2.45, 2.75) is 33.6 Å². The van der Waals surface area contributed by atoms with Gasteiger partial charge in [-0.3, -0.25) is 4.79 Å². The number of nitrogens with zero attached hydrogens (tertiary/aromatic N) is 4. The van der Waals surface area contributed by atoms with Gasteiger partial charge in [0.05, 0.1) is 22.8 Å². The number of aromatic nitrogens is 3. The molecule has 0 aliphatic rings. The molecular weight excluding hydrogens is 440 g/mol. The Bertz CT molecular complexity index is 1330. The predicted octanol–water partition coefficient (Wildman–Crippen LogP) is 5.57. The second-order valence-electron chi connectivity index (χ2n) is 7.72. The monoisotopic (exact) mass is 462 g/mol. The van der Waals surface area contributed by atoms with Gasteiger partial charge in [0.2, 0.25) is 0 Å². The molecule has 0 saturated carbocycles. The lowest BCUT2D eigenvalue weighted by molar-refractivity contribution is 0.665. The number of aryl methyl sites for hydroxylation is 2. The van der Waals surface area contributed by atoms with Crippen molar-refractivity contribution in [2.75, 3.05) is 0 Å². The highest BCUT2D eigenvalue weighted by molar-refractivity contribution is 9.10. The second kappa shape index (κ2) is 8.03. The minimum atomic E-state index is -0.175. The van der Waals surface area contributed by atoms with Crippen molar-refractivity contribution in [3.8, 4) is 5.69 Å². The van der Waals surface area contributed by atoms with Gasteiger partial charge in [-0.25, -0.2) is 4.98 Å². The molecule has 5 nitrogen and oxygen atoms in total.